The van der Waals surface area contributed by atoms with E-state index in [0.717, 1.165) is 13.0 Å². The maximum atomic E-state index is 4.76. The van der Waals surface area contributed by atoms with Gasteiger partial charge in [0.1, 0.15) is 5.55 Å². The van der Waals surface area contributed by atoms with Gasteiger partial charge in [0.2, 0.25) is 0 Å². The Balaban J connectivity index is 0. The van der Waals surface area contributed by atoms with E-state index in [9.17, 15) is 0 Å². The predicted molar refractivity (Wildman–Crippen MR) is 43.2 cm³/mol. The number of hydrogen-bond donors (Lipinski definition) is 0. The zero-order valence-electron chi connectivity index (χ0n) is 4.92. The molecule has 0 atom stereocenters. The van der Waals surface area contributed by atoms with Gasteiger partial charge < -0.3 is 9.47 Å². The number of thiocarbonyl (C=S) groups is 1. The van der Waals surface area contributed by atoms with Gasteiger partial charge >= 0.3 is 51.4 Å². The Bertz CT molecular complexity index is 60.9. The van der Waals surface area contributed by atoms with Crippen LogP contribution in [0.4, 0.5) is 0 Å². The molecule has 0 aromatic carbocycles. The zero-order chi connectivity index (χ0) is 6.24. The molecule has 0 unspecified atom stereocenters. The van der Waals surface area contributed by atoms with Gasteiger partial charge in [-0.3, -0.25) is 0 Å². The molecule has 0 saturated heterocycles. The SMILES string of the molecule is COCCCOC=S.[KH]. The van der Waals surface area contributed by atoms with Gasteiger partial charge in [-0.05, 0) is 12.2 Å². The molecule has 0 aromatic rings. The first-order chi connectivity index (χ1) is 3.91. The zero-order valence-corrected chi connectivity index (χ0v) is 5.74. The fourth-order valence-corrected chi connectivity index (χ4v) is 0.431. The molecule has 0 spiro atoms. The van der Waals surface area contributed by atoms with Crippen LogP contribution in [0.3, 0.4) is 0 Å². The van der Waals surface area contributed by atoms with Crippen molar-refractivity contribution in [3.8, 4) is 0 Å². The second-order valence-corrected chi connectivity index (χ2v) is 1.51. The molecule has 0 bridgehead atoms. The molecule has 0 rings (SSSR count). The summed E-state index contributed by atoms with van der Waals surface area (Å²) in [4.78, 5) is 0. The van der Waals surface area contributed by atoms with Crippen molar-refractivity contribution in [2.24, 2.45) is 0 Å². The average molecular weight is 174 g/mol. The van der Waals surface area contributed by atoms with Gasteiger partial charge in [0.25, 0.3) is 0 Å². The standard InChI is InChI=1S/C5H10O2S.K.H/c1-6-3-2-4-7-5-8;;/h5H,2-4H2,1H3;;. The van der Waals surface area contributed by atoms with E-state index in [4.69, 9.17) is 9.47 Å². The van der Waals surface area contributed by atoms with E-state index in [0.29, 0.717) is 6.61 Å². The van der Waals surface area contributed by atoms with Crippen LogP contribution in [-0.4, -0.2) is 77.3 Å². The van der Waals surface area contributed by atoms with Gasteiger partial charge in [0, 0.05) is 20.1 Å². The minimum atomic E-state index is 0. The Kier molecular flexibility index (Phi) is 17.7. The van der Waals surface area contributed by atoms with Crippen LogP contribution in [0.1, 0.15) is 6.42 Å². The number of hydrogen-bond acceptors (Lipinski definition) is 3. The Morgan fingerprint density at radius 3 is 2.56 bits per heavy atom. The molecule has 0 heterocycles. The van der Waals surface area contributed by atoms with Gasteiger partial charge in [-0.15, -0.1) is 0 Å². The molecule has 0 aliphatic carbocycles. The maximum absolute atomic E-state index is 4.76. The molecule has 0 radical (unpaired) electrons. The number of rotatable bonds is 5. The van der Waals surface area contributed by atoms with E-state index < -0.39 is 0 Å². The molecule has 0 saturated carbocycles. The Morgan fingerprint density at radius 2 is 2.11 bits per heavy atom. The van der Waals surface area contributed by atoms with Crippen LogP contribution in [0.5, 0.6) is 0 Å². The second kappa shape index (κ2) is 12.2. The van der Waals surface area contributed by atoms with Gasteiger partial charge in [-0.1, -0.05) is 0 Å². The van der Waals surface area contributed by atoms with Gasteiger partial charge in [0.15, 0.2) is 0 Å². The average Bonchev–Trinajstić information content (AvgIpc) is 1.81. The van der Waals surface area contributed by atoms with Gasteiger partial charge in [0.05, 0.1) is 6.61 Å². The quantitative estimate of drug-likeness (QED) is 0.340. The Labute approximate surface area is 104 Å². The fraction of sp³-hybridized carbons (Fsp3) is 0.800. The van der Waals surface area contributed by atoms with Crippen molar-refractivity contribution in [3.05, 3.63) is 0 Å². The van der Waals surface area contributed by atoms with Crippen molar-refractivity contribution in [1.82, 2.24) is 0 Å². The Hall–Kier alpha value is 1.49. The van der Waals surface area contributed by atoms with Crippen molar-refractivity contribution >= 4 is 69.2 Å². The monoisotopic (exact) mass is 174 g/mol. The molecule has 0 fully saturated rings. The summed E-state index contributed by atoms with van der Waals surface area (Å²) in [5.41, 5.74) is 1.27. The van der Waals surface area contributed by atoms with E-state index in [1.54, 1.807) is 7.11 Å². The van der Waals surface area contributed by atoms with E-state index in [-0.39, 0.29) is 51.4 Å². The summed E-state index contributed by atoms with van der Waals surface area (Å²) in [6.45, 7) is 1.40. The first kappa shape index (κ1) is 13.1. The molecule has 0 aromatic heterocycles. The van der Waals surface area contributed by atoms with E-state index in [1.807, 2.05) is 0 Å². The van der Waals surface area contributed by atoms with Crippen molar-refractivity contribution in [3.63, 3.8) is 0 Å². The molecular formula is C5H11KO2S. The van der Waals surface area contributed by atoms with Crippen molar-refractivity contribution in [2.45, 2.75) is 6.42 Å². The first-order valence-corrected chi connectivity index (χ1v) is 2.93. The van der Waals surface area contributed by atoms with Crippen LogP contribution in [-0.2, 0) is 9.47 Å². The fourth-order valence-electron chi connectivity index (χ4n) is 0.335. The van der Waals surface area contributed by atoms with Gasteiger partial charge in [-0.25, -0.2) is 0 Å². The van der Waals surface area contributed by atoms with E-state index in [2.05, 4.69) is 12.2 Å². The summed E-state index contributed by atoms with van der Waals surface area (Å²) in [6.07, 6.45) is 0.906. The second-order valence-electron chi connectivity index (χ2n) is 1.31. The molecular weight excluding hydrogens is 163 g/mol. The summed E-state index contributed by atoms with van der Waals surface area (Å²) in [6, 6.07) is 0. The third-order valence-electron chi connectivity index (χ3n) is 0.679. The molecule has 0 aliphatic heterocycles. The number of ether oxygens (including phenoxy) is 2. The van der Waals surface area contributed by atoms with Crippen molar-refractivity contribution in [1.29, 1.82) is 0 Å². The molecule has 9 heavy (non-hydrogen) atoms. The molecule has 0 amide bonds. The molecule has 4 heteroatoms. The third-order valence-corrected chi connectivity index (χ3v) is 0.815. The summed E-state index contributed by atoms with van der Waals surface area (Å²) >= 11 is 4.41. The molecule has 50 valence electrons. The normalized spacial score (nSPS) is 7.67. The van der Waals surface area contributed by atoms with Crippen molar-refractivity contribution < 1.29 is 9.47 Å². The van der Waals surface area contributed by atoms with Crippen LogP contribution in [0.2, 0.25) is 0 Å². The molecule has 2 nitrogen and oxygen atoms in total. The van der Waals surface area contributed by atoms with Crippen molar-refractivity contribution in [2.75, 3.05) is 20.3 Å². The number of methoxy groups -OCH3 is 1. The van der Waals surface area contributed by atoms with Crippen LogP contribution in [0.15, 0.2) is 0 Å². The summed E-state index contributed by atoms with van der Waals surface area (Å²) < 4.78 is 9.51. The summed E-state index contributed by atoms with van der Waals surface area (Å²) in [5, 5.41) is 0. The van der Waals surface area contributed by atoms with E-state index >= 15 is 0 Å². The van der Waals surface area contributed by atoms with Crippen LogP contribution < -0.4 is 0 Å². The summed E-state index contributed by atoms with van der Waals surface area (Å²) in [7, 11) is 1.66. The summed E-state index contributed by atoms with van der Waals surface area (Å²) in [5.74, 6) is 0. The third kappa shape index (κ3) is 12.6. The van der Waals surface area contributed by atoms with Crippen LogP contribution in [0, 0.1) is 0 Å². The minimum absolute atomic E-state index is 0. The van der Waals surface area contributed by atoms with Crippen LogP contribution >= 0.6 is 12.2 Å². The first-order valence-electron chi connectivity index (χ1n) is 2.46. The predicted octanol–water partition coefficient (Wildman–Crippen LogP) is 0.348. The van der Waals surface area contributed by atoms with Crippen LogP contribution in [0.25, 0.3) is 0 Å². The van der Waals surface area contributed by atoms with E-state index in [1.165, 1.54) is 5.55 Å². The Morgan fingerprint density at radius 1 is 1.44 bits per heavy atom. The molecule has 0 N–H and O–H groups in total. The van der Waals surface area contributed by atoms with Gasteiger partial charge in [-0.2, -0.15) is 0 Å². The molecule has 0 aliphatic rings. The topological polar surface area (TPSA) is 18.5 Å².